The Balaban J connectivity index is 0.000000108. The molecule has 2 fully saturated rings. The Labute approximate surface area is 62.2 Å². The molecule has 0 aromatic rings. The molecule has 2 rings (SSSR count). The third-order valence-electron chi connectivity index (χ3n) is 1.83. The van der Waals surface area contributed by atoms with Crippen molar-refractivity contribution in [3.8, 4) is 0 Å². The fourth-order valence-electron chi connectivity index (χ4n) is 0.557. The van der Waals surface area contributed by atoms with Gasteiger partial charge in [0.15, 0.2) is 0 Å². The van der Waals surface area contributed by atoms with Gasteiger partial charge in [-0.25, -0.2) is 0 Å². The molecular weight excluding hydrogens is 128 g/mol. The van der Waals surface area contributed by atoms with Gasteiger partial charge in [-0.15, -0.1) is 0 Å². The molecule has 1 N–H and O–H groups in total. The van der Waals surface area contributed by atoms with Crippen LogP contribution < -0.4 is 0 Å². The van der Waals surface area contributed by atoms with Crippen LogP contribution in [0.3, 0.4) is 0 Å². The minimum Gasteiger partial charge on any atom is -0.396 e. The molecule has 0 spiro atoms. The summed E-state index contributed by atoms with van der Waals surface area (Å²) in [6.07, 6.45) is 2.97. The minimum atomic E-state index is 0.292. The van der Waals surface area contributed by atoms with E-state index >= 15 is 0 Å². The van der Waals surface area contributed by atoms with E-state index in [1.54, 1.807) is 0 Å². The smallest absolute Gasteiger partial charge is 0.0538 e. The van der Waals surface area contributed by atoms with Gasteiger partial charge in [0, 0.05) is 5.92 Å². The highest BCUT2D eigenvalue weighted by Crippen LogP contribution is 2.26. The van der Waals surface area contributed by atoms with E-state index in [4.69, 9.17) is 9.84 Å². The summed E-state index contributed by atoms with van der Waals surface area (Å²) in [5.74, 6) is 1.53. The lowest BCUT2D eigenvalue weighted by atomic mass is 10.1. The zero-order valence-electron chi connectivity index (χ0n) is 6.55. The van der Waals surface area contributed by atoms with Gasteiger partial charge in [0.1, 0.15) is 0 Å². The molecule has 60 valence electrons. The van der Waals surface area contributed by atoms with Crippen molar-refractivity contribution in [1.82, 2.24) is 0 Å². The summed E-state index contributed by atoms with van der Waals surface area (Å²) in [4.78, 5) is 0. The van der Waals surface area contributed by atoms with E-state index < -0.39 is 0 Å². The first kappa shape index (κ1) is 8.02. The molecule has 2 heteroatoms. The summed E-state index contributed by atoms with van der Waals surface area (Å²) < 4.78 is 4.77. The summed E-state index contributed by atoms with van der Waals surface area (Å²) in [6.45, 7) is 4.09. The lowest BCUT2D eigenvalue weighted by molar-refractivity contribution is -0.0554. The van der Waals surface area contributed by atoms with Gasteiger partial charge in [-0.05, 0) is 5.92 Å². The third-order valence-corrected chi connectivity index (χ3v) is 1.83. The molecule has 0 atom stereocenters. The van der Waals surface area contributed by atoms with Crippen molar-refractivity contribution in [2.45, 2.75) is 19.8 Å². The van der Waals surface area contributed by atoms with E-state index in [1.807, 2.05) is 0 Å². The summed E-state index contributed by atoms with van der Waals surface area (Å²) in [6, 6.07) is 0. The highest BCUT2D eigenvalue weighted by molar-refractivity contribution is 4.65. The van der Waals surface area contributed by atoms with E-state index in [9.17, 15) is 0 Å². The quantitative estimate of drug-likeness (QED) is 0.596. The number of hydrogen-bond acceptors (Lipinski definition) is 2. The fourth-order valence-corrected chi connectivity index (χ4v) is 0.557. The molecule has 0 amide bonds. The van der Waals surface area contributed by atoms with Crippen LogP contribution in [-0.2, 0) is 4.74 Å². The van der Waals surface area contributed by atoms with Crippen LogP contribution >= 0.6 is 0 Å². The Morgan fingerprint density at radius 2 is 1.90 bits per heavy atom. The first-order valence-corrected chi connectivity index (χ1v) is 4.01. The van der Waals surface area contributed by atoms with Crippen molar-refractivity contribution < 1.29 is 9.84 Å². The Morgan fingerprint density at radius 3 is 1.90 bits per heavy atom. The number of aliphatic hydroxyl groups excluding tert-OH is 1. The van der Waals surface area contributed by atoms with Crippen molar-refractivity contribution in [2.24, 2.45) is 11.8 Å². The monoisotopic (exact) mass is 144 g/mol. The Morgan fingerprint density at radius 1 is 1.40 bits per heavy atom. The van der Waals surface area contributed by atoms with Gasteiger partial charge >= 0.3 is 0 Å². The summed E-state index contributed by atoms with van der Waals surface area (Å²) in [5.41, 5.74) is 0. The van der Waals surface area contributed by atoms with E-state index in [1.165, 1.54) is 12.8 Å². The molecule has 2 aliphatic rings. The number of aliphatic hydroxyl groups is 1. The van der Waals surface area contributed by atoms with Crippen LogP contribution in [-0.4, -0.2) is 24.9 Å². The minimum absolute atomic E-state index is 0.292. The second kappa shape index (κ2) is 3.94. The van der Waals surface area contributed by atoms with Crippen molar-refractivity contribution in [3.63, 3.8) is 0 Å². The zero-order valence-corrected chi connectivity index (χ0v) is 6.55. The lowest BCUT2D eigenvalue weighted by Gasteiger charge is -2.22. The highest BCUT2D eigenvalue weighted by Gasteiger charge is 2.15. The molecule has 0 aromatic heterocycles. The summed E-state index contributed by atoms with van der Waals surface area (Å²) >= 11 is 0. The number of hydrogen-bond donors (Lipinski definition) is 1. The maximum absolute atomic E-state index is 8.31. The second-order valence-electron chi connectivity index (χ2n) is 3.27. The van der Waals surface area contributed by atoms with Crippen molar-refractivity contribution in [2.75, 3.05) is 19.8 Å². The number of ether oxygens (including phenoxy) is 1. The summed E-state index contributed by atoms with van der Waals surface area (Å²) in [7, 11) is 0. The predicted octanol–water partition coefficient (Wildman–Crippen LogP) is 1.04. The highest BCUT2D eigenvalue weighted by atomic mass is 16.5. The van der Waals surface area contributed by atoms with E-state index in [0.717, 1.165) is 19.1 Å². The molecule has 10 heavy (non-hydrogen) atoms. The van der Waals surface area contributed by atoms with Crippen LogP contribution in [0, 0.1) is 11.8 Å². The van der Waals surface area contributed by atoms with Crippen LogP contribution in [0.2, 0.25) is 0 Å². The van der Waals surface area contributed by atoms with Crippen LogP contribution in [0.4, 0.5) is 0 Å². The first-order valence-electron chi connectivity index (χ1n) is 4.01. The molecule has 1 saturated heterocycles. The van der Waals surface area contributed by atoms with Gasteiger partial charge in [-0.3, -0.25) is 0 Å². The normalized spacial score (nSPS) is 24.6. The van der Waals surface area contributed by atoms with Crippen LogP contribution in [0.25, 0.3) is 0 Å². The molecule has 0 bridgehead atoms. The van der Waals surface area contributed by atoms with Gasteiger partial charge in [0.05, 0.1) is 19.8 Å². The molecule has 0 radical (unpaired) electrons. The fraction of sp³-hybridized carbons (Fsp3) is 1.00. The van der Waals surface area contributed by atoms with Gasteiger partial charge in [-0.1, -0.05) is 19.8 Å². The number of rotatable bonds is 1. The third kappa shape index (κ3) is 3.18. The Kier molecular flexibility index (Phi) is 3.16. The average Bonchev–Trinajstić information content (AvgIpc) is 2.49. The molecule has 0 unspecified atom stereocenters. The SMILES string of the molecule is CC1CC1.OCC1COC1. The van der Waals surface area contributed by atoms with Gasteiger partial charge in [0.2, 0.25) is 0 Å². The maximum Gasteiger partial charge on any atom is 0.0538 e. The Hall–Kier alpha value is -0.0800. The van der Waals surface area contributed by atoms with Crippen LogP contribution in [0.15, 0.2) is 0 Å². The topological polar surface area (TPSA) is 29.5 Å². The predicted molar refractivity (Wildman–Crippen MR) is 39.8 cm³/mol. The maximum atomic E-state index is 8.31. The van der Waals surface area contributed by atoms with Crippen molar-refractivity contribution in [3.05, 3.63) is 0 Å². The van der Waals surface area contributed by atoms with Gasteiger partial charge in [0.25, 0.3) is 0 Å². The second-order valence-corrected chi connectivity index (χ2v) is 3.27. The zero-order chi connectivity index (χ0) is 7.40. The standard InChI is InChI=1S/C4H8O2.C4H8/c5-1-4-2-6-3-4;1-4-2-3-4/h4-5H,1-3H2;4H,2-3H2,1H3. The average molecular weight is 144 g/mol. The first-order chi connectivity index (χ1) is 4.83. The molecule has 0 aromatic carbocycles. The van der Waals surface area contributed by atoms with Crippen LogP contribution in [0.5, 0.6) is 0 Å². The molecule has 1 aliphatic heterocycles. The van der Waals surface area contributed by atoms with E-state index in [-0.39, 0.29) is 0 Å². The largest absolute Gasteiger partial charge is 0.396 e. The van der Waals surface area contributed by atoms with E-state index in [0.29, 0.717) is 12.5 Å². The van der Waals surface area contributed by atoms with Crippen LogP contribution in [0.1, 0.15) is 19.8 Å². The summed E-state index contributed by atoms with van der Waals surface area (Å²) in [5, 5.41) is 8.31. The molecule has 1 heterocycles. The van der Waals surface area contributed by atoms with Crippen molar-refractivity contribution in [1.29, 1.82) is 0 Å². The lowest BCUT2D eigenvalue weighted by Crippen LogP contribution is -2.30. The molecular formula is C8H16O2. The molecule has 2 nitrogen and oxygen atoms in total. The van der Waals surface area contributed by atoms with Gasteiger partial charge in [-0.2, -0.15) is 0 Å². The van der Waals surface area contributed by atoms with Gasteiger partial charge < -0.3 is 9.84 Å². The molecule has 1 aliphatic carbocycles. The van der Waals surface area contributed by atoms with E-state index in [2.05, 4.69) is 6.92 Å². The molecule has 1 saturated carbocycles. The Bertz CT molecular complexity index is 82.5. The van der Waals surface area contributed by atoms with Crippen molar-refractivity contribution >= 4 is 0 Å².